The lowest BCUT2D eigenvalue weighted by Crippen LogP contribution is -2.01. The maximum Gasteiger partial charge on any atom is 0.155 e. The van der Waals surface area contributed by atoms with Gasteiger partial charge in [0.1, 0.15) is 17.3 Å². The predicted octanol–water partition coefficient (Wildman–Crippen LogP) is 5.70. The molecule has 0 bridgehead atoms. The molecule has 0 atom stereocenters. The van der Waals surface area contributed by atoms with Crippen molar-refractivity contribution in [2.24, 2.45) is 0 Å². The Labute approximate surface area is 141 Å². The highest BCUT2D eigenvalue weighted by Crippen LogP contribution is 2.38. The third-order valence-corrected chi connectivity index (χ3v) is 4.10. The molecule has 1 heterocycles. The fourth-order valence-corrected chi connectivity index (χ4v) is 2.61. The first-order valence-electron chi connectivity index (χ1n) is 6.72. The van der Waals surface area contributed by atoms with Gasteiger partial charge < -0.3 is 0 Å². The molecule has 116 valence electrons. The van der Waals surface area contributed by atoms with Crippen LogP contribution in [0, 0.1) is 18.6 Å². The molecular weight excluding hydrogens is 341 g/mol. The number of hydrogen-bond donors (Lipinski definition) is 0. The second kappa shape index (κ2) is 6.22. The highest BCUT2D eigenvalue weighted by molar-refractivity contribution is 6.31. The Morgan fingerprint density at radius 3 is 2.04 bits per heavy atom. The molecule has 1 aromatic heterocycles. The summed E-state index contributed by atoms with van der Waals surface area (Å²) in [6.07, 6.45) is 0. The van der Waals surface area contributed by atoms with E-state index in [9.17, 15) is 8.78 Å². The summed E-state index contributed by atoms with van der Waals surface area (Å²) >= 11 is 11.9. The summed E-state index contributed by atoms with van der Waals surface area (Å²) in [6.45, 7) is 1.65. The summed E-state index contributed by atoms with van der Waals surface area (Å²) in [5.74, 6) is -1.38. The highest BCUT2D eigenvalue weighted by atomic mass is 35.5. The van der Waals surface area contributed by atoms with Crippen LogP contribution in [0.15, 0.2) is 42.5 Å². The zero-order valence-corrected chi connectivity index (χ0v) is 13.5. The molecule has 0 spiro atoms. The van der Waals surface area contributed by atoms with Gasteiger partial charge in [-0.05, 0) is 36.8 Å². The van der Waals surface area contributed by atoms with Crippen LogP contribution in [-0.2, 0) is 0 Å². The molecule has 0 fully saturated rings. The lowest BCUT2D eigenvalue weighted by atomic mass is 9.95. The van der Waals surface area contributed by atoms with Gasteiger partial charge in [-0.15, -0.1) is 10.2 Å². The fraction of sp³-hybridized carbons (Fsp3) is 0.0588. The zero-order valence-electron chi connectivity index (χ0n) is 11.9. The van der Waals surface area contributed by atoms with E-state index in [1.165, 1.54) is 18.2 Å². The first kappa shape index (κ1) is 15.8. The number of benzene rings is 2. The minimum Gasteiger partial charge on any atom is -0.206 e. The van der Waals surface area contributed by atoms with Crippen molar-refractivity contribution in [2.45, 2.75) is 6.92 Å². The molecule has 6 heteroatoms. The molecule has 0 saturated carbocycles. The number of nitrogens with zero attached hydrogens (tertiary/aromatic N) is 2. The molecule has 0 aliphatic rings. The van der Waals surface area contributed by atoms with Crippen LogP contribution in [0.25, 0.3) is 22.4 Å². The van der Waals surface area contributed by atoms with Gasteiger partial charge in [0.05, 0.1) is 5.56 Å². The molecule has 3 rings (SSSR count). The molecule has 0 saturated heterocycles. The van der Waals surface area contributed by atoms with Crippen molar-refractivity contribution in [1.82, 2.24) is 10.2 Å². The Kier molecular flexibility index (Phi) is 4.28. The number of aromatic nitrogens is 2. The molecule has 0 unspecified atom stereocenters. The monoisotopic (exact) mass is 350 g/mol. The minimum atomic E-state index is -0.688. The van der Waals surface area contributed by atoms with Gasteiger partial charge in [0, 0.05) is 16.1 Å². The van der Waals surface area contributed by atoms with Gasteiger partial charge in [0.15, 0.2) is 5.15 Å². The van der Waals surface area contributed by atoms with Gasteiger partial charge in [-0.1, -0.05) is 41.4 Å². The third-order valence-electron chi connectivity index (χ3n) is 3.49. The fourth-order valence-electron chi connectivity index (χ4n) is 2.35. The van der Waals surface area contributed by atoms with E-state index in [2.05, 4.69) is 10.2 Å². The Morgan fingerprint density at radius 1 is 0.826 bits per heavy atom. The van der Waals surface area contributed by atoms with Crippen LogP contribution < -0.4 is 0 Å². The third kappa shape index (κ3) is 2.92. The van der Waals surface area contributed by atoms with Crippen LogP contribution >= 0.6 is 23.2 Å². The predicted molar refractivity (Wildman–Crippen MR) is 87.6 cm³/mol. The van der Waals surface area contributed by atoms with Crippen LogP contribution in [0.5, 0.6) is 0 Å². The number of hydrogen-bond acceptors (Lipinski definition) is 2. The van der Waals surface area contributed by atoms with Crippen LogP contribution in [0.2, 0.25) is 10.2 Å². The highest BCUT2D eigenvalue weighted by Gasteiger charge is 2.21. The van der Waals surface area contributed by atoms with Crippen molar-refractivity contribution in [3.8, 4) is 22.4 Å². The minimum absolute atomic E-state index is 0.0976. The number of halogens is 4. The van der Waals surface area contributed by atoms with Crippen LogP contribution in [-0.4, -0.2) is 10.2 Å². The Hall–Kier alpha value is -2.04. The van der Waals surface area contributed by atoms with Crippen molar-refractivity contribution in [3.63, 3.8) is 0 Å². The molecule has 0 N–H and O–H groups in total. The summed E-state index contributed by atoms with van der Waals surface area (Å²) in [6, 6.07) is 10.5. The van der Waals surface area contributed by atoms with Crippen molar-refractivity contribution in [1.29, 1.82) is 0 Å². The van der Waals surface area contributed by atoms with E-state index in [4.69, 9.17) is 23.2 Å². The molecule has 0 aliphatic carbocycles. The van der Waals surface area contributed by atoms with E-state index < -0.39 is 11.6 Å². The lowest BCUT2D eigenvalue weighted by Gasteiger charge is -2.14. The van der Waals surface area contributed by atoms with E-state index in [1.807, 2.05) is 0 Å². The van der Waals surface area contributed by atoms with Gasteiger partial charge in [-0.3, -0.25) is 0 Å². The summed E-state index contributed by atoms with van der Waals surface area (Å²) in [4.78, 5) is 0. The van der Waals surface area contributed by atoms with E-state index in [-0.39, 0.29) is 16.3 Å². The topological polar surface area (TPSA) is 25.8 Å². The van der Waals surface area contributed by atoms with Gasteiger partial charge >= 0.3 is 0 Å². The van der Waals surface area contributed by atoms with Crippen molar-refractivity contribution in [2.75, 3.05) is 0 Å². The van der Waals surface area contributed by atoms with Crippen LogP contribution in [0.3, 0.4) is 0 Å². The molecule has 0 aliphatic heterocycles. The summed E-state index contributed by atoms with van der Waals surface area (Å²) in [7, 11) is 0. The summed E-state index contributed by atoms with van der Waals surface area (Å²) in [5.41, 5.74) is 1.54. The zero-order chi connectivity index (χ0) is 16.6. The second-order valence-corrected chi connectivity index (χ2v) is 5.74. The van der Waals surface area contributed by atoms with E-state index in [1.54, 1.807) is 31.2 Å². The molecule has 0 radical (unpaired) electrons. The van der Waals surface area contributed by atoms with Gasteiger partial charge in [0.2, 0.25) is 0 Å². The van der Waals surface area contributed by atoms with Crippen LogP contribution in [0.4, 0.5) is 8.78 Å². The maximum absolute atomic E-state index is 14.3. The standard InChI is InChI=1S/C17H10Cl2F2N2/c1-9-14(15-12(20)3-2-4-13(15)21)16(22-23-17(9)19)10-5-7-11(18)8-6-10/h2-8H,1H3. The average Bonchev–Trinajstić information content (AvgIpc) is 2.52. The van der Waals surface area contributed by atoms with Crippen LogP contribution in [0.1, 0.15) is 5.56 Å². The second-order valence-electron chi connectivity index (χ2n) is 4.94. The maximum atomic E-state index is 14.3. The number of rotatable bonds is 2. The Morgan fingerprint density at radius 2 is 1.43 bits per heavy atom. The summed E-state index contributed by atoms with van der Waals surface area (Å²) in [5, 5.41) is 8.54. The average molecular weight is 351 g/mol. The summed E-state index contributed by atoms with van der Waals surface area (Å²) < 4.78 is 28.5. The normalized spacial score (nSPS) is 10.8. The SMILES string of the molecule is Cc1c(Cl)nnc(-c2ccc(Cl)cc2)c1-c1c(F)cccc1F. The molecule has 3 aromatic rings. The van der Waals surface area contributed by atoms with Gasteiger partial charge in [-0.2, -0.15) is 0 Å². The molecule has 0 amide bonds. The molecule has 2 aromatic carbocycles. The smallest absolute Gasteiger partial charge is 0.155 e. The van der Waals surface area contributed by atoms with E-state index in [0.717, 1.165) is 0 Å². The lowest BCUT2D eigenvalue weighted by molar-refractivity contribution is 0.589. The molecule has 23 heavy (non-hydrogen) atoms. The quantitative estimate of drug-likeness (QED) is 0.592. The van der Waals surface area contributed by atoms with Gasteiger partial charge in [0.25, 0.3) is 0 Å². The molecule has 2 nitrogen and oxygen atoms in total. The first-order chi connectivity index (χ1) is 11.0. The van der Waals surface area contributed by atoms with Crippen molar-refractivity contribution < 1.29 is 8.78 Å². The largest absolute Gasteiger partial charge is 0.206 e. The van der Waals surface area contributed by atoms with Gasteiger partial charge in [-0.25, -0.2) is 8.78 Å². The molecular formula is C17H10Cl2F2N2. The van der Waals surface area contributed by atoms with Crippen molar-refractivity contribution in [3.05, 3.63) is 69.8 Å². The van der Waals surface area contributed by atoms with E-state index >= 15 is 0 Å². The van der Waals surface area contributed by atoms with Crippen molar-refractivity contribution >= 4 is 23.2 Å². The Balaban J connectivity index is 2.35. The Bertz CT molecular complexity index is 860. The van der Waals surface area contributed by atoms with E-state index in [0.29, 0.717) is 21.8 Å². The first-order valence-corrected chi connectivity index (χ1v) is 7.47.